The van der Waals surface area contributed by atoms with Gasteiger partial charge in [-0.25, -0.2) is 0 Å². The Morgan fingerprint density at radius 2 is 2.06 bits per heavy atom. The molecule has 4 heteroatoms. The summed E-state index contributed by atoms with van der Waals surface area (Å²) >= 11 is 3.51. The second-order valence-corrected chi connectivity index (χ2v) is 6.12. The topological polar surface area (TPSA) is 38.7 Å². The van der Waals surface area contributed by atoms with Gasteiger partial charge in [-0.1, -0.05) is 15.9 Å². The van der Waals surface area contributed by atoms with Crippen molar-refractivity contribution in [2.24, 2.45) is 5.92 Å². The standard InChI is InChI=1S/C14H17BrO3/c1-17-12-6-10(14(16)4-5-14)11(15)7-13(12)18-8-9-2-3-9/h6-7,9,16H,2-5,8H2,1H3. The van der Waals surface area contributed by atoms with Crippen molar-refractivity contribution in [2.45, 2.75) is 31.3 Å². The largest absolute Gasteiger partial charge is 0.493 e. The van der Waals surface area contributed by atoms with Gasteiger partial charge in [-0.3, -0.25) is 0 Å². The van der Waals surface area contributed by atoms with E-state index in [9.17, 15) is 5.11 Å². The maximum Gasteiger partial charge on any atom is 0.162 e. The SMILES string of the molecule is COc1cc(C2(O)CC2)c(Br)cc1OCC1CC1. The van der Waals surface area contributed by atoms with Gasteiger partial charge in [0.25, 0.3) is 0 Å². The van der Waals surface area contributed by atoms with E-state index in [1.54, 1.807) is 7.11 Å². The second-order valence-electron chi connectivity index (χ2n) is 5.27. The third-order valence-corrected chi connectivity index (χ3v) is 4.31. The summed E-state index contributed by atoms with van der Waals surface area (Å²) in [6.45, 7) is 0.756. The minimum atomic E-state index is -0.666. The average Bonchev–Trinajstić information content (AvgIpc) is 3.24. The van der Waals surface area contributed by atoms with E-state index in [1.165, 1.54) is 12.8 Å². The molecule has 2 saturated carbocycles. The number of methoxy groups -OCH3 is 1. The van der Waals surface area contributed by atoms with E-state index in [2.05, 4.69) is 15.9 Å². The van der Waals surface area contributed by atoms with Gasteiger partial charge in [0.05, 0.1) is 19.3 Å². The average molecular weight is 313 g/mol. The highest BCUT2D eigenvalue weighted by molar-refractivity contribution is 9.10. The maximum absolute atomic E-state index is 10.2. The van der Waals surface area contributed by atoms with Crippen molar-refractivity contribution in [2.75, 3.05) is 13.7 Å². The Kier molecular flexibility index (Phi) is 3.02. The normalized spacial score (nSPS) is 20.6. The summed E-state index contributed by atoms with van der Waals surface area (Å²) in [4.78, 5) is 0. The molecule has 2 fully saturated rings. The highest BCUT2D eigenvalue weighted by Gasteiger charge is 2.44. The van der Waals surface area contributed by atoms with Crippen LogP contribution >= 0.6 is 15.9 Å². The zero-order valence-electron chi connectivity index (χ0n) is 10.4. The van der Waals surface area contributed by atoms with Crippen LogP contribution in [0.3, 0.4) is 0 Å². The first-order valence-electron chi connectivity index (χ1n) is 6.35. The minimum Gasteiger partial charge on any atom is -0.493 e. The molecular weight excluding hydrogens is 296 g/mol. The van der Waals surface area contributed by atoms with Crippen LogP contribution in [0.1, 0.15) is 31.2 Å². The van der Waals surface area contributed by atoms with E-state index < -0.39 is 5.60 Å². The third kappa shape index (κ3) is 2.36. The van der Waals surface area contributed by atoms with Crippen LogP contribution in [0.25, 0.3) is 0 Å². The molecule has 0 radical (unpaired) electrons. The molecule has 2 aliphatic rings. The predicted octanol–water partition coefficient (Wildman–Crippen LogP) is 3.23. The number of hydrogen-bond donors (Lipinski definition) is 1. The van der Waals surface area contributed by atoms with Crippen molar-refractivity contribution in [1.29, 1.82) is 0 Å². The molecule has 0 unspecified atom stereocenters. The summed E-state index contributed by atoms with van der Waals surface area (Å²) in [5, 5.41) is 10.2. The second kappa shape index (κ2) is 4.42. The number of aliphatic hydroxyl groups is 1. The molecular formula is C14H17BrO3. The maximum atomic E-state index is 10.2. The molecule has 3 rings (SSSR count). The van der Waals surface area contributed by atoms with Crippen LogP contribution in [0.4, 0.5) is 0 Å². The molecule has 0 heterocycles. The number of ether oxygens (including phenoxy) is 2. The Bertz CT molecular complexity index is 464. The van der Waals surface area contributed by atoms with E-state index >= 15 is 0 Å². The van der Waals surface area contributed by atoms with Crippen LogP contribution < -0.4 is 9.47 Å². The van der Waals surface area contributed by atoms with Gasteiger partial charge < -0.3 is 14.6 Å². The fraction of sp³-hybridized carbons (Fsp3) is 0.571. The van der Waals surface area contributed by atoms with Crippen LogP contribution in [0.2, 0.25) is 0 Å². The molecule has 0 aromatic heterocycles. The van der Waals surface area contributed by atoms with E-state index in [4.69, 9.17) is 9.47 Å². The Morgan fingerprint density at radius 1 is 1.33 bits per heavy atom. The van der Waals surface area contributed by atoms with Crippen molar-refractivity contribution >= 4 is 15.9 Å². The molecule has 0 saturated heterocycles. The third-order valence-electron chi connectivity index (χ3n) is 3.65. The van der Waals surface area contributed by atoms with Crippen molar-refractivity contribution in [3.63, 3.8) is 0 Å². The fourth-order valence-electron chi connectivity index (χ4n) is 2.04. The van der Waals surface area contributed by atoms with E-state index in [-0.39, 0.29) is 0 Å². The summed E-state index contributed by atoms with van der Waals surface area (Å²) < 4.78 is 12.0. The van der Waals surface area contributed by atoms with Crippen LogP contribution in [-0.2, 0) is 5.60 Å². The van der Waals surface area contributed by atoms with E-state index in [0.29, 0.717) is 11.7 Å². The first kappa shape index (κ1) is 12.3. The van der Waals surface area contributed by atoms with Crippen molar-refractivity contribution in [1.82, 2.24) is 0 Å². The van der Waals surface area contributed by atoms with Crippen molar-refractivity contribution in [3.05, 3.63) is 22.2 Å². The predicted molar refractivity (Wildman–Crippen MR) is 72.0 cm³/mol. The lowest BCUT2D eigenvalue weighted by molar-refractivity contribution is 0.150. The first-order valence-corrected chi connectivity index (χ1v) is 7.15. The highest BCUT2D eigenvalue weighted by atomic mass is 79.9. The molecule has 1 aromatic rings. The van der Waals surface area contributed by atoms with Crippen molar-refractivity contribution < 1.29 is 14.6 Å². The van der Waals surface area contributed by atoms with Gasteiger partial charge in [0.1, 0.15) is 0 Å². The molecule has 1 N–H and O–H groups in total. The van der Waals surface area contributed by atoms with Gasteiger partial charge in [-0.05, 0) is 43.7 Å². The minimum absolute atomic E-state index is 0.666. The monoisotopic (exact) mass is 312 g/mol. The summed E-state index contributed by atoms with van der Waals surface area (Å²) in [5.41, 5.74) is 0.235. The molecule has 1 aromatic carbocycles. The Balaban J connectivity index is 1.86. The first-order chi connectivity index (χ1) is 8.62. The summed E-state index contributed by atoms with van der Waals surface area (Å²) in [5.74, 6) is 2.17. The fourth-order valence-corrected chi connectivity index (χ4v) is 2.74. The zero-order valence-corrected chi connectivity index (χ0v) is 12.0. The summed E-state index contributed by atoms with van der Waals surface area (Å²) in [6, 6.07) is 3.80. The quantitative estimate of drug-likeness (QED) is 0.907. The smallest absolute Gasteiger partial charge is 0.162 e. The van der Waals surface area contributed by atoms with Gasteiger partial charge in [-0.2, -0.15) is 0 Å². The number of halogens is 1. The van der Waals surface area contributed by atoms with Gasteiger partial charge in [0.15, 0.2) is 11.5 Å². The van der Waals surface area contributed by atoms with Gasteiger partial charge in [-0.15, -0.1) is 0 Å². The van der Waals surface area contributed by atoms with Crippen LogP contribution in [0.5, 0.6) is 11.5 Å². The molecule has 98 valence electrons. The Hall–Kier alpha value is -0.740. The van der Waals surface area contributed by atoms with Crippen LogP contribution in [0, 0.1) is 5.92 Å². The lowest BCUT2D eigenvalue weighted by Gasteiger charge is -2.16. The molecule has 2 aliphatic carbocycles. The molecule has 0 aliphatic heterocycles. The van der Waals surface area contributed by atoms with E-state index in [1.807, 2.05) is 12.1 Å². The Morgan fingerprint density at radius 3 is 2.61 bits per heavy atom. The lowest BCUT2D eigenvalue weighted by Crippen LogP contribution is -2.07. The molecule has 0 bridgehead atoms. The number of rotatable bonds is 5. The van der Waals surface area contributed by atoms with Gasteiger partial charge in [0.2, 0.25) is 0 Å². The van der Waals surface area contributed by atoms with Gasteiger partial charge in [0, 0.05) is 10.0 Å². The summed E-state index contributed by atoms with van der Waals surface area (Å²) in [6.07, 6.45) is 4.16. The van der Waals surface area contributed by atoms with Gasteiger partial charge >= 0.3 is 0 Å². The number of benzene rings is 1. The zero-order chi connectivity index (χ0) is 12.8. The molecule has 18 heavy (non-hydrogen) atoms. The van der Waals surface area contributed by atoms with Crippen LogP contribution in [-0.4, -0.2) is 18.8 Å². The lowest BCUT2D eigenvalue weighted by atomic mass is 10.1. The van der Waals surface area contributed by atoms with E-state index in [0.717, 1.165) is 35.2 Å². The highest BCUT2D eigenvalue weighted by Crippen LogP contribution is 2.50. The number of hydrogen-bond acceptors (Lipinski definition) is 3. The summed E-state index contributed by atoms with van der Waals surface area (Å²) in [7, 11) is 1.63. The van der Waals surface area contributed by atoms with Crippen molar-refractivity contribution in [3.8, 4) is 11.5 Å². The molecule has 3 nitrogen and oxygen atoms in total. The van der Waals surface area contributed by atoms with Crippen LogP contribution in [0.15, 0.2) is 16.6 Å². The molecule has 0 spiro atoms. The molecule has 0 atom stereocenters. The molecule has 0 amide bonds. The Labute approximate surface area is 115 Å².